The van der Waals surface area contributed by atoms with Gasteiger partial charge in [-0.2, -0.15) is 0 Å². The molecule has 1 saturated heterocycles. The van der Waals surface area contributed by atoms with Crippen molar-refractivity contribution < 1.29 is 19.8 Å². The molecule has 6 nitrogen and oxygen atoms in total. The van der Waals surface area contributed by atoms with E-state index in [9.17, 15) is 14.7 Å². The molecular formula is C13H14Cl2N2O4. The van der Waals surface area contributed by atoms with Crippen LogP contribution in [-0.2, 0) is 4.79 Å². The molecule has 1 aliphatic rings. The van der Waals surface area contributed by atoms with E-state index in [0.29, 0.717) is 15.7 Å². The average Bonchev–Trinajstić information content (AvgIpc) is 2.78. The van der Waals surface area contributed by atoms with Crippen LogP contribution in [0, 0.1) is 6.92 Å². The Bertz CT molecular complexity index is 594. The number of aliphatic hydroxyl groups is 1. The number of carboxylic acids is 1. The highest BCUT2D eigenvalue weighted by atomic mass is 35.5. The number of carboxylic acid groups (broad SMARTS) is 1. The van der Waals surface area contributed by atoms with E-state index < -0.39 is 24.1 Å². The number of amides is 2. The molecule has 1 fully saturated rings. The SMILES string of the molecule is Cc1cc(Cl)c(NC(=O)N2CC(O)CC2C(=O)O)cc1Cl. The molecule has 2 amide bonds. The molecule has 1 aromatic carbocycles. The van der Waals surface area contributed by atoms with Crippen LogP contribution in [0.1, 0.15) is 12.0 Å². The summed E-state index contributed by atoms with van der Waals surface area (Å²) in [5.74, 6) is -1.16. The van der Waals surface area contributed by atoms with Crippen molar-refractivity contribution in [2.75, 3.05) is 11.9 Å². The maximum absolute atomic E-state index is 12.2. The number of carbonyl (C=O) groups is 2. The van der Waals surface area contributed by atoms with E-state index >= 15 is 0 Å². The van der Waals surface area contributed by atoms with Crippen LogP contribution in [0.5, 0.6) is 0 Å². The van der Waals surface area contributed by atoms with Gasteiger partial charge in [-0.15, -0.1) is 0 Å². The van der Waals surface area contributed by atoms with Crippen molar-refractivity contribution in [3.63, 3.8) is 0 Å². The zero-order valence-electron chi connectivity index (χ0n) is 11.1. The maximum Gasteiger partial charge on any atom is 0.326 e. The van der Waals surface area contributed by atoms with E-state index in [1.807, 2.05) is 0 Å². The number of hydrogen-bond donors (Lipinski definition) is 3. The molecule has 0 bridgehead atoms. The first-order chi connectivity index (χ1) is 9.79. The zero-order valence-corrected chi connectivity index (χ0v) is 12.6. The number of carbonyl (C=O) groups excluding carboxylic acids is 1. The monoisotopic (exact) mass is 332 g/mol. The van der Waals surface area contributed by atoms with E-state index in [1.165, 1.54) is 6.07 Å². The van der Waals surface area contributed by atoms with Gasteiger partial charge in [0.1, 0.15) is 6.04 Å². The number of β-amino-alcohol motifs (C(OH)–C–C–N with tert-alkyl or cyclic N) is 1. The number of halogens is 2. The summed E-state index contributed by atoms with van der Waals surface area (Å²) in [5.41, 5.74) is 1.06. The second-order valence-electron chi connectivity index (χ2n) is 4.91. The fourth-order valence-electron chi connectivity index (χ4n) is 2.20. The Morgan fingerprint density at radius 1 is 1.33 bits per heavy atom. The number of nitrogens with one attached hydrogen (secondary N) is 1. The van der Waals surface area contributed by atoms with E-state index in [0.717, 1.165) is 10.5 Å². The minimum Gasteiger partial charge on any atom is -0.480 e. The quantitative estimate of drug-likeness (QED) is 0.775. The summed E-state index contributed by atoms with van der Waals surface area (Å²) in [5, 5.41) is 21.9. The number of anilines is 1. The Kier molecular flexibility index (Phi) is 4.61. The number of benzene rings is 1. The normalized spacial score (nSPS) is 21.4. The number of hydrogen-bond acceptors (Lipinski definition) is 3. The molecule has 1 heterocycles. The van der Waals surface area contributed by atoms with Gasteiger partial charge in [-0.1, -0.05) is 23.2 Å². The van der Waals surface area contributed by atoms with E-state index in [4.69, 9.17) is 28.3 Å². The van der Waals surface area contributed by atoms with Crippen molar-refractivity contribution in [3.8, 4) is 0 Å². The second kappa shape index (κ2) is 6.09. The van der Waals surface area contributed by atoms with Crippen LogP contribution < -0.4 is 5.32 Å². The van der Waals surface area contributed by atoms with Crippen molar-refractivity contribution in [2.45, 2.75) is 25.5 Å². The lowest BCUT2D eigenvalue weighted by atomic mass is 10.2. The number of nitrogens with zero attached hydrogens (tertiary/aromatic N) is 1. The van der Waals surface area contributed by atoms with Gasteiger partial charge in [-0.3, -0.25) is 0 Å². The summed E-state index contributed by atoms with van der Waals surface area (Å²) in [4.78, 5) is 24.3. The third-order valence-corrected chi connectivity index (χ3v) is 4.03. The van der Waals surface area contributed by atoms with E-state index in [1.54, 1.807) is 13.0 Å². The van der Waals surface area contributed by atoms with Gasteiger partial charge in [-0.05, 0) is 24.6 Å². The zero-order chi connectivity index (χ0) is 15.7. The number of aryl methyl sites for hydroxylation is 1. The minimum atomic E-state index is -1.16. The molecule has 2 rings (SSSR count). The van der Waals surface area contributed by atoms with Crippen molar-refractivity contribution in [3.05, 3.63) is 27.7 Å². The van der Waals surface area contributed by atoms with Crippen LogP contribution in [0.25, 0.3) is 0 Å². The van der Waals surface area contributed by atoms with E-state index in [2.05, 4.69) is 5.32 Å². The van der Waals surface area contributed by atoms with Crippen molar-refractivity contribution >= 4 is 40.9 Å². The number of urea groups is 1. The molecule has 3 N–H and O–H groups in total. The van der Waals surface area contributed by atoms with Gasteiger partial charge in [-0.25, -0.2) is 9.59 Å². The third-order valence-electron chi connectivity index (χ3n) is 3.31. The Labute approximate surface area is 131 Å². The second-order valence-corrected chi connectivity index (χ2v) is 5.72. The predicted molar refractivity (Wildman–Crippen MR) is 79.0 cm³/mol. The Morgan fingerprint density at radius 2 is 2.00 bits per heavy atom. The fourth-order valence-corrected chi connectivity index (χ4v) is 2.63. The topological polar surface area (TPSA) is 89.9 Å². The molecule has 1 aromatic rings. The summed E-state index contributed by atoms with van der Waals surface area (Å²) in [6.07, 6.45) is -0.848. The molecule has 0 aromatic heterocycles. The predicted octanol–water partition coefficient (Wildman–Crippen LogP) is 2.35. The summed E-state index contributed by atoms with van der Waals surface area (Å²) in [6, 6.07) is 1.41. The number of aliphatic hydroxyl groups excluding tert-OH is 1. The molecule has 21 heavy (non-hydrogen) atoms. The van der Waals surface area contributed by atoms with Gasteiger partial charge < -0.3 is 20.4 Å². The molecule has 2 atom stereocenters. The van der Waals surface area contributed by atoms with Crippen molar-refractivity contribution in [1.82, 2.24) is 4.90 Å². The van der Waals surface area contributed by atoms with Crippen LogP contribution in [-0.4, -0.2) is 45.8 Å². The molecule has 0 aliphatic carbocycles. The number of aliphatic carboxylic acids is 1. The summed E-state index contributed by atoms with van der Waals surface area (Å²) >= 11 is 12.0. The molecular weight excluding hydrogens is 319 g/mol. The standard InChI is InChI=1S/C13H14Cl2N2O4/c1-6-2-9(15)10(4-8(6)14)16-13(21)17-5-7(18)3-11(17)12(19)20/h2,4,7,11,18H,3,5H2,1H3,(H,16,21)(H,19,20). The van der Waals surface area contributed by atoms with Gasteiger partial charge in [0.15, 0.2) is 0 Å². The number of likely N-dealkylation sites (tertiary alicyclic amines) is 1. The Balaban J connectivity index is 2.18. The van der Waals surface area contributed by atoms with E-state index in [-0.39, 0.29) is 13.0 Å². The Hall–Kier alpha value is -1.50. The highest BCUT2D eigenvalue weighted by molar-refractivity contribution is 6.36. The minimum absolute atomic E-state index is 0.00510. The largest absolute Gasteiger partial charge is 0.480 e. The van der Waals surface area contributed by atoms with Crippen molar-refractivity contribution in [2.24, 2.45) is 0 Å². The summed E-state index contributed by atoms with van der Waals surface area (Å²) in [6.45, 7) is 1.73. The van der Waals surface area contributed by atoms with Gasteiger partial charge >= 0.3 is 12.0 Å². The lowest BCUT2D eigenvalue weighted by molar-refractivity contribution is -0.141. The third kappa shape index (κ3) is 3.40. The highest BCUT2D eigenvalue weighted by Gasteiger charge is 2.39. The van der Waals surface area contributed by atoms with Crippen LogP contribution in [0.2, 0.25) is 10.0 Å². The first-order valence-corrected chi connectivity index (χ1v) is 6.99. The molecule has 0 spiro atoms. The smallest absolute Gasteiger partial charge is 0.326 e. The summed E-state index contributed by atoms with van der Waals surface area (Å²) in [7, 11) is 0. The van der Waals surface area contributed by atoms with Gasteiger partial charge in [0.25, 0.3) is 0 Å². The highest BCUT2D eigenvalue weighted by Crippen LogP contribution is 2.29. The Morgan fingerprint density at radius 3 is 2.62 bits per heavy atom. The molecule has 2 unspecified atom stereocenters. The van der Waals surface area contributed by atoms with Gasteiger partial charge in [0.05, 0.1) is 16.8 Å². The van der Waals surface area contributed by atoms with Gasteiger partial charge in [0.2, 0.25) is 0 Å². The maximum atomic E-state index is 12.2. The average molecular weight is 333 g/mol. The van der Waals surface area contributed by atoms with Crippen LogP contribution in [0.4, 0.5) is 10.5 Å². The van der Waals surface area contributed by atoms with Crippen molar-refractivity contribution in [1.29, 1.82) is 0 Å². The molecule has 8 heteroatoms. The lowest BCUT2D eigenvalue weighted by Crippen LogP contribution is -2.43. The van der Waals surface area contributed by atoms with Crippen LogP contribution >= 0.6 is 23.2 Å². The van der Waals surface area contributed by atoms with Gasteiger partial charge in [0, 0.05) is 18.0 Å². The number of rotatable bonds is 2. The lowest BCUT2D eigenvalue weighted by Gasteiger charge is -2.22. The fraction of sp³-hybridized carbons (Fsp3) is 0.385. The molecule has 0 saturated carbocycles. The first-order valence-electron chi connectivity index (χ1n) is 6.23. The molecule has 1 aliphatic heterocycles. The molecule has 114 valence electrons. The first kappa shape index (κ1) is 15.9. The van der Waals surface area contributed by atoms with Crippen LogP contribution in [0.3, 0.4) is 0 Å². The molecule has 0 radical (unpaired) electrons. The summed E-state index contributed by atoms with van der Waals surface area (Å²) < 4.78 is 0. The van der Waals surface area contributed by atoms with Crippen LogP contribution in [0.15, 0.2) is 12.1 Å².